The minimum Gasteiger partial charge on any atom is -0.466 e. The molecule has 9 nitrogen and oxygen atoms in total. The molecule has 0 aliphatic carbocycles. The number of rotatable bonds is 7. The summed E-state index contributed by atoms with van der Waals surface area (Å²) in [6.07, 6.45) is 1.45. The second-order valence-electron chi connectivity index (χ2n) is 6.72. The van der Waals surface area contributed by atoms with Crippen LogP contribution in [0.4, 0.5) is 0 Å². The molecule has 9 heteroatoms. The van der Waals surface area contributed by atoms with Crippen molar-refractivity contribution in [2.45, 2.75) is 39.5 Å². The van der Waals surface area contributed by atoms with E-state index < -0.39 is 0 Å². The summed E-state index contributed by atoms with van der Waals surface area (Å²) < 4.78 is 4.87. The molecular weight excluding hydrogens is 374 g/mol. The van der Waals surface area contributed by atoms with Gasteiger partial charge >= 0.3 is 5.97 Å². The lowest BCUT2D eigenvalue weighted by atomic mass is 10.2. The molecule has 2 aromatic rings. The van der Waals surface area contributed by atoms with Gasteiger partial charge in [0.25, 0.3) is 5.91 Å². The summed E-state index contributed by atoms with van der Waals surface area (Å²) in [4.78, 5) is 38.5. The van der Waals surface area contributed by atoms with Crippen LogP contribution in [0.5, 0.6) is 0 Å². The van der Waals surface area contributed by atoms with Crippen LogP contribution in [0.3, 0.4) is 0 Å². The minimum absolute atomic E-state index is 0.179. The number of carbonyl (C=O) groups excluding carboxylic acids is 3. The van der Waals surface area contributed by atoms with Gasteiger partial charge in [-0.2, -0.15) is 9.90 Å². The van der Waals surface area contributed by atoms with Crippen LogP contribution in [0.2, 0.25) is 0 Å². The number of esters is 1. The molecule has 1 fully saturated rings. The first kappa shape index (κ1) is 20.5. The van der Waals surface area contributed by atoms with Crippen molar-refractivity contribution < 1.29 is 19.1 Å². The van der Waals surface area contributed by atoms with Gasteiger partial charge in [-0.3, -0.25) is 19.4 Å². The van der Waals surface area contributed by atoms with E-state index in [4.69, 9.17) is 4.74 Å². The predicted molar refractivity (Wildman–Crippen MR) is 104 cm³/mol. The average Bonchev–Trinajstić information content (AvgIpc) is 3.35. The molecular formula is C20H25N5O4. The fourth-order valence-electron chi connectivity index (χ4n) is 3.20. The van der Waals surface area contributed by atoms with E-state index in [9.17, 15) is 14.4 Å². The Morgan fingerprint density at radius 1 is 1.03 bits per heavy atom. The summed E-state index contributed by atoms with van der Waals surface area (Å²) in [6.45, 7) is 4.70. The smallest absolute Gasteiger partial charge is 0.305 e. The van der Waals surface area contributed by atoms with Crippen LogP contribution in [0.1, 0.15) is 48.8 Å². The molecule has 2 heterocycles. The van der Waals surface area contributed by atoms with E-state index in [1.54, 1.807) is 13.8 Å². The fourth-order valence-corrected chi connectivity index (χ4v) is 3.20. The normalized spacial score (nSPS) is 13.6. The van der Waals surface area contributed by atoms with Crippen molar-refractivity contribution in [3.05, 3.63) is 41.7 Å². The molecule has 0 saturated carbocycles. The number of amides is 2. The quantitative estimate of drug-likeness (QED) is 0.660. The lowest BCUT2D eigenvalue weighted by Gasteiger charge is -2.27. The summed E-state index contributed by atoms with van der Waals surface area (Å²) >= 11 is 0. The highest BCUT2D eigenvalue weighted by atomic mass is 16.5. The Labute approximate surface area is 169 Å². The maximum Gasteiger partial charge on any atom is 0.305 e. The van der Waals surface area contributed by atoms with E-state index in [0.29, 0.717) is 38.2 Å². The Morgan fingerprint density at radius 3 is 2.48 bits per heavy atom. The molecule has 2 amide bonds. The first-order valence-electron chi connectivity index (χ1n) is 9.78. The molecule has 1 saturated heterocycles. The first-order valence-corrected chi connectivity index (χ1v) is 9.78. The maximum absolute atomic E-state index is 13.0. The minimum atomic E-state index is -0.346. The molecule has 1 aromatic carbocycles. The molecule has 1 aromatic heterocycles. The lowest BCUT2D eigenvalue weighted by Crippen LogP contribution is -2.45. The lowest BCUT2D eigenvalue weighted by molar-refractivity contribution is -0.144. The number of aromatic nitrogens is 3. The van der Waals surface area contributed by atoms with Crippen LogP contribution < -0.4 is 0 Å². The highest BCUT2D eigenvalue weighted by Gasteiger charge is 2.33. The van der Waals surface area contributed by atoms with Crippen LogP contribution in [-0.2, 0) is 14.3 Å². The second-order valence-corrected chi connectivity index (χ2v) is 6.72. The summed E-state index contributed by atoms with van der Waals surface area (Å²) in [5.41, 5.74) is 1.48. The van der Waals surface area contributed by atoms with Crippen LogP contribution in [0, 0.1) is 6.92 Å². The van der Waals surface area contributed by atoms with Crippen LogP contribution in [0.25, 0.3) is 5.69 Å². The van der Waals surface area contributed by atoms with Gasteiger partial charge in [0.15, 0.2) is 5.69 Å². The molecule has 0 unspecified atom stereocenters. The van der Waals surface area contributed by atoms with E-state index in [1.807, 2.05) is 30.3 Å². The van der Waals surface area contributed by atoms with Crippen molar-refractivity contribution >= 4 is 17.8 Å². The number of aryl methyl sites for hydroxylation is 1. The van der Waals surface area contributed by atoms with Gasteiger partial charge in [0.2, 0.25) is 5.91 Å². The molecule has 0 radical (unpaired) electrons. The first-order chi connectivity index (χ1) is 14.0. The van der Waals surface area contributed by atoms with Gasteiger partial charge in [-0.25, -0.2) is 5.01 Å². The Balaban J connectivity index is 1.66. The van der Waals surface area contributed by atoms with Gasteiger partial charge < -0.3 is 4.74 Å². The van der Waals surface area contributed by atoms with E-state index >= 15 is 0 Å². The number of nitrogens with zero attached hydrogens (tertiary/aromatic N) is 5. The molecule has 3 rings (SSSR count). The highest BCUT2D eigenvalue weighted by Crippen LogP contribution is 2.18. The monoisotopic (exact) mass is 399 g/mol. The maximum atomic E-state index is 13.0. The molecule has 0 spiro atoms. The number of para-hydroxylation sites is 1. The molecule has 0 bridgehead atoms. The van der Waals surface area contributed by atoms with Gasteiger partial charge in [0.05, 0.1) is 18.0 Å². The van der Waals surface area contributed by atoms with E-state index in [-0.39, 0.29) is 36.3 Å². The average molecular weight is 399 g/mol. The number of hydrogen-bond donors (Lipinski definition) is 0. The van der Waals surface area contributed by atoms with Crippen LogP contribution in [-0.4, -0.2) is 62.5 Å². The zero-order valence-electron chi connectivity index (χ0n) is 16.7. The fraction of sp³-hybridized carbons (Fsp3) is 0.450. The van der Waals surface area contributed by atoms with E-state index in [0.717, 1.165) is 5.69 Å². The molecule has 0 atom stereocenters. The summed E-state index contributed by atoms with van der Waals surface area (Å²) in [5.74, 6) is -0.850. The molecule has 29 heavy (non-hydrogen) atoms. The van der Waals surface area contributed by atoms with Gasteiger partial charge in [0, 0.05) is 25.9 Å². The Bertz CT molecular complexity index is 880. The zero-order valence-corrected chi connectivity index (χ0v) is 16.7. The predicted octanol–water partition coefficient (Wildman–Crippen LogP) is 1.90. The number of hydrogen-bond acceptors (Lipinski definition) is 6. The van der Waals surface area contributed by atoms with Crippen molar-refractivity contribution in [2.75, 3.05) is 19.7 Å². The third kappa shape index (κ3) is 4.79. The topological polar surface area (TPSA) is 97.6 Å². The Kier molecular flexibility index (Phi) is 6.58. The van der Waals surface area contributed by atoms with Crippen molar-refractivity contribution in [1.29, 1.82) is 0 Å². The summed E-state index contributed by atoms with van der Waals surface area (Å²) in [5, 5.41) is 11.6. The van der Waals surface area contributed by atoms with Gasteiger partial charge in [0.1, 0.15) is 0 Å². The van der Waals surface area contributed by atoms with Gasteiger partial charge in [-0.05, 0) is 38.8 Å². The third-order valence-corrected chi connectivity index (χ3v) is 4.60. The number of carbonyl (C=O) groups is 3. The molecule has 154 valence electrons. The van der Waals surface area contributed by atoms with Crippen LogP contribution >= 0.6 is 0 Å². The summed E-state index contributed by atoms with van der Waals surface area (Å²) in [7, 11) is 0. The Hall–Kier alpha value is -3.23. The third-order valence-electron chi connectivity index (χ3n) is 4.60. The number of hydrazine groups is 1. The van der Waals surface area contributed by atoms with Gasteiger partial charge in [-0.1, -0.05) is 18.2 Å². The van der Waals surface area contributed by atoms with Gasteiger partial charge in [-0.15, -0.1) is 5.10 Å². The molecule has 1 aliphatic heterocycles. The van der Waals surface area contributed by atoms with Crippen molar-refractivity contribution in [2.24, 2.45) is 0 Å². The largest absolute Gasteiger partial charge is 0.466 e. The molecule has 1 aliphatic rings. The number of ether oxygens (including phenoxy) is 1. The summed E-state index contributed by atoms with van der Waals surface area (Å²) in [6, 6.07) is 9.33. The van der Waals surface area contributed by atoms with Crippen molar-refractivity contribution in [1.82, 2.24) is 25.0 Å². The van der Waals surface area contributed by atoms with E-state index in [1.165, 1.54) is 14.8 Å². The SMILES string of the molecule is CCOC(=O)CCCC(=O)N1CCCN1C(=O)c1nn(-c2ccccc2)nc1C. The zero-order chi connectivity index (χ0) is 20.8. The Morgan fingerprint density at radius 2 is 1.76 bits per heavy atom. The molecule has 0 N–H and O–H groups in total. The van der Waals surface area contributed by atoms with E-state index in [2.05, 4.69) is 10.2 Å². The highest BCUT2D eigenvalue weighted by molar-refractivity contribution is 5.94. The van der Waals surface area contributed by atoms with Crippen molar-refractivity contribution in [3.8, 4) is 5.69 Å². The van der Waals surface area contributed by atoms with Crippen LogP contribution in [0.15, 0.2) is 30.3 Å². The van der Waals surface area contributed by atoms with Crippen molar-refractivity contribution in [3.63, 3.8) is 0 Å². The standard InChI is InChI=1S/C20H25N5O4/c1-3-29-18(27)12-7-11-17(26)23-13-8-14-24(23)20(28)19-15(2)21-25(22-19)16-9-5-4-6-10-16/h4-6,9-10H,3,7-8,11-14H2,1-2H3. The number of benzene rings is 1. The second kappa shape index (κ2) is 9.31.